The Balaban J connectivity index is 1.83. The summed E-state index contributed by atoms with van der Waals surface area (Å²) in [4.78, 5) is 29.1. The summed E-state index contributed by atoms with van der Waals surface area (Å²) in [5, 5.41) is 2.92. The van der Waals surface area contributed by atoms with Crippen molar-refractivity contribution in [2.45, 2.75) is 37.8 Å². The summed E-state index contributed by atoms with van der Waals surface area (Å²) in [7, 11) is -2.89. The van der Waals surface area contributed by atoms with Crippen molar-refractivity contribution in [2.24, 2.45) is 0 Å². The van der Waals surface area contributed by atoms with Gasteiger partial charge < -0.3 is 15.0 Å². The molecule has 0 fully saturated rings. The molecular formula is C34H35ClFN3O5S. The van der Waals surface area contributed by atoms with Gasteiger partial charge in [-0.15, -0.1) is 0 Å². The summed E-state index contributed by atoms with van der Waals surface area (Å²) in [6, 6.07) is 24.6. The first kappa shape index (κ1) is 33.5. The number of likely N-dealkylation sites (N-methyl/N-ethyl adjacent to an activating group) is 1. The SMILES string of the molecule is CCNC(=O)C(Cc1ccccc1)N(Cc1ccccc1F)C(=O)CN(c1ccc(OC)c(Cl)c1)S(=O)(=O)c1ccc(C)cc1. The van der Waals surface area contributed by atoms with Gasteiger partial charge in [-0.2, -0.15) is 0 Å². The van der Waals surface area contributed by atoms with E-state index in [0.717, 1.165) is 15.4 Å². The molecule has 236 valence electrons. The van der Waals surface area contributed by atoms with E-state index in [1.807, 2.05) is 37.3 Å². The largest absolute Gasteiger partial charge is 0.495 e. The van der Waals surface area contributed by atoms with Gasteiger partial charge in [-0.05, 0) is 55.8 Å². The minimum absolute atomic E-state index is 0.0435. The molecule has 4 aromatic carbocycles. The number of nitrogens with one attached hydrogen (secondary N) is 1. The van der Waals surface area contributed by atoms with Gasteiger partial charge in [0.15, 0.2) is 0 Å². The number of methoxy groups -OCH3 is 1. The fraction of sp³-hybridized carbons (Fsp3) is 0.235. The fourth-order valence-electron chi connectivity index (χ4n) is 4.83. The van der Waals surface area contributed by atoms with E-state index in [4.69, 9.17) is 16.3 Å². The predicted octanol–water partition coefficient (Wildman–Crippen LogP) is 5.77. The molecule has 0 aliphatic rings. The molecule has 0 heterocycles. The quantitative estimate of drug-likeness (QED) is 0.198. The van der Waals surface area contributed by atoms with E-state index in [1.54, 1.807) is 25.1 Å². The molecular weight excluding hydrogens is 617 g/mol. The number of anilines is 1. The van der Waals surface area contributed by atoms with Gasteiger partial charge in [-0.1, -0.05) is 77.8 Å². The molecule has 0 aliphatic heterocycles. The number of halogens is 2. The van der Waals surface area contributed by atoms with Gasteiger partial charge in [0.1, 0.15) is 24.2 Å². The number of amides is 2. The highest BCUT2D eigenvalue weighted by Gasteiger charge is 2.35. The highest BCUT2D eigenvalue weighted by atomic mass is 35.5. The molecule has 0 saturated carbocycles. The number of carbonyl (C=O) groups excluding carboxylic acids is 2. The first-order chi connectivity index (χ1) is 21.5. The summed E-state index contributed by atoms with van der Waals surface area (Å²) < 4.78 is 49.4. The van der Waals surface area contributed by atoms with E-state index in [0.29, 0.717) is 12.3 Å². The maximum atomic E-state index is 15.0. The molecule has 0 saturated heterocycles. The van der Waals surface area contributed by atoms with Crippen molar-refractivity contribution in [3.05, 3.63) is 125 Å². The second-order valence-corrected chi connectivity index (χ2v) is 12.6. The summed E-state index contributed by atoms with van der Waals surface area (Å²) in [5.74, 6) is -1.41. The molecule has 1 atom stereocenters. The lowest BCUT2D eigenvalue weighted by Crippen LogP contribution is -2.53. The average molecular weight is 652 g/mol. The normalized spacial score (nSPS) is 11.8. The smallest absolute Gasteiger partial charge is 0.264 e. The summed E-state index contributed by atoms with van der Waals surface area (Å²) in [6.07, 6.45) is 0.117. The van der Waals surface area contributed by atoms with Crippen LogP contribution in [0.25, 0.3) is 0 Å². The molecule has 45 heavy (non-hydrogen) atoms. The van der Waals surface area contributed by atoms with Crippen LogP contribution in [0.15, 0.2) is 102 Å². The summed E-state index contributed by atoms with van der Waals surface area (Å²) in [6.45, 7) is 2.91. The minimum Gasteiger partial charge on any atom is -0.495 e. The molecule has 1 N–H and O–H groups in total. The van der Waals surface area contributed by atoms with Crippen LogP contribution in [0.3, 0.4) is 0 Å². The first-order valence-corrected chi connectivity index (χ1v) is 16.1. The lowest BCUT2D eigenvalue weighted by molar-refractivity contribution is -0.140. The third-order valence-electron chi connectivity index (χ3n) is 7.23. The first-order valence-electron chi connectivity index (χ1n) is 14.3. The topological polar surface area (TPSA) is 96.0 Å². The highest BCUT2D eigenvalue weighted by Crippen LogP contribution is 2.32. The van der Waals surface area contributed by atoms with Gasteiger partial charge in [-0.25, -0.2) is 12.8 Å². The Bertz CT molecular complexity index is 1740. The van der Waals surface area contributed by atoms with Crippen LogP contribution in [-0.2, 0) is 32.6 Å². The van der Waals surface area contributed by atoms with Gasteiger partial charge in [0.25, 0.3) is 10.0 Å². The van der Waals surface area contributed by atoms with Crippen LogP contribution in [0.1, 0.15) is 23.6 Å². The Kier molecular flexibility index (Phi) is 11.2. The highest BCUT2D eigenvalue weighted by molar-refractivity contribution is 7.92. The van der Waals surface area contributed by atoms with Crippen molar-refractivity contribution < 1.29 is 27.1 Å². The number of aryl methyl sites for hydroxylation is 1. The molecule has 0 aromatic heterocycles. The van der Waals surface area contributed by atoms with Gasteiger partial charge in [0.05, 0.1) is 22.7 Å². The van der Waals surface area contributed by atoms with Crippen molar-refractivity contribution in [3.63, 3.8) is 0 Å². The Labute approximate surface area is 268 Å². The van der Waals surface area contributed by atoms with E-state index in [-0.39, 0.29) is 34.1 Å². The fourth-order valence-corrected chi connectivity index (χ4v) is 6.49. The number of ether oxygens (including phenoxy) is 1. The lowest BCUT2D eigenvalue weighted by Gasteiger charge is -2.34. The average Bonchev–Trinajstić information content (AvgIpc) is 3.03. The van der Waals surface area contributed by atoms with Crippen molar-refractivity contribution in [3.8, 4) is 5.75 Å². The van der Waals surface area contributed by atoms with Gasteiger partial charge in [-0.3, -0.25) is 13.9 Å². The number of carbonyl (C=O) groups is 2. The Morgan fingerprint density at radius 3 is 2.24 bits per heavy atom. The van der Waals surface area contributed by atoms with Crippen LogP contribution in [0.4, 0.5) is 10.1 Å². The van der Waals surface area contributed by atoms with Crippen molar-refractivity contribution in [1.29, 1.82) is 0 Å². The zero-order chi connectivity index (χ0) is 32.6. The molecule has 0 bridgehead atoms. The molecule has 2 amide bonds. The van der Waals surface area contributed by atoms with E-state index >= 15 is 0 Å². The van der Waals surface area contributed by atoms with Crippen molar-refractivity contribution >= 4 is 39.1 Å². The molecule has 4 rings (SSSR count). The Morgan fingerprint density at radius 2 is 1.62 bits per heavy atom. The van der Waals surface area contributed by atoms with Crippen LogP contribution in [0, 0.1) is 12.7 Å². The zero-order valence-electron chi connectivity index (χ0n) is 25.2. The predicted molar refractivity (Wildman–Crippen MR) is 173 cm³/mol. The van der Waals surface area contributed by atoms with Gasteiger partial charge >= 0.3 is 0 Å². The number of nitrogens with zero attached hydrogens (tertiary/aromatic N) is 2. The maximum Gasteiger partial charge on any atom is 0.264 e. The number of rotatable bonds is 13. The Morgan fingerprint density at radius 1 is 0.956 bits per heavy atom. The molecule has 11 heteroatoms. The second kappa shape index (κ2) is 15.0. The third kappa shape index (κ3) is 8.20. The van der Waals surface area contributed by atoms with E-state index in [1.165, 1.54) is 60.5 Å². The molecule has 0 radical (unpaired) electrons. The summed E-state index contributed by atoms with van der Waals surface area (Å²) >= 11 is 6.39. The standard InChI is InChI=1S/C34H35ClFN3O5S/c1-4-37-34(41)31(20-25-10-6-5-7-11-25)38(22-26-12-8-9-13-30(26)36)33(40)23-39(27-16-19-32(44-3)29(35)21-27)45(42,43)28-17-14-24(2)15-18-28/h5-19,21,31H,4,20,22-23H2,1-3H3,(H,37,41). The van der Waals surface area contributed by atoms with Gasteiger partial charge in [0, 0.05) is 25.1 Å². The third-order valence-corrected chi connectivity index (χ3v) is 9.32. The lowest BCUT2D eigenvalue weighted by atomic mass is 10.0. The molecule has 0 spiro atoms. The van der Waals surface area contributed by atoms with E-state index in [2.05, 4.69) is 5.32 Å². The molecule has 0 aliphatic carbocycles. The molecule has 1 unspecified atom stereocenters. The number of hydrogen-bond donors (Lipinski definition) is 1. The number of sulfonamides is 1. The van der Waals surface area contributed by atoms with Crippen molar-refractivity contribution in [1.82, 2.24) is 10.2 Å². The van der Waals surface area contributed by atoms with E-state index in [9.17, 15) is 22.4 Å². The molecule has 8 nitrogen and oxygen atoms in total. The number of hydrogen-bond acceptors (Lipinski definition) is 5. The second-order valence-electron chi connectivity index (χ2n) is 10.4. The monoisotopic (exact) mass is 651 g/mol. The van der Waals surface area contributed by atoms with Crippen LogP contribution >= 0.6 is 11.6 Å². The summed E-state index contributed by atoms with van der Waals surface area (Å²) in [5.41, 5.74) is 1.91. The van der Waals surface area contributed by atoms with Crippen LogP contribution in [0.5, 0.6) is 5.75 Å². The van der Waals surface area contributed by atoms with Crippen LogP contribution in [-0.4, -0.2) is 51.4 Å². The number of benzene rings is 4. The van der Waals surface area contributed by atoms with E-state index < -0.39 is 40.2 Å². The van der Waals surface area contributed by atoms with Gasteiger partial charge in [0.2, 0.25) is 11.8 Å². The Hall–Kier alpha value is -4.41. The zero-order valence-corrected chi connectivity index (χ0v) is 26.8. The maximum absolute atomic E-state index is 15.0. The minimum atomic E-state index is -4.32. The van der Waals surface area contributed by atoms with Crippen molar-refractivity contribution in [2.75, 3.05) is 24.5 Å². The van der Waals surface area contributed by atoms with Crippen LogP contribution < -0.4 is 14.4 Å². The molecule has 4 aromatic rings. The van der Waals surface area contributed by atoms with Crippen LogP contribution in [0.2, 0.25) is 5.02 Å².